The van der Waals surface area contributed by atoms with Crippen molar-refractivity contribution in [1.82, 2.24) is 15.0 Å². The number of hydrogen-bond acceptors (Lipinski definition) is 6. The Labute approximate surface area is 128 Å². The molecule has 0 fully saturated rings. The van der Waals surface area contributed by atoms with Gasteiger partial charge in [0.1, 0.15) is 0 Å². The van der Waals surface area contributed by atoms with Crippen LogP contribution in [0, 0.1) is 5.92 Å². The van der Waals surface area contributed by atoms with E-state index in [1.54, 1.807) is 0 Å². The standard InChI is InChI=1S/C15H29N5O/c1-7-8-16-13-18-14(17-12(6)9-10(2)3)20-15(19-13)21-11(4)5/h10-12H,7-9H2,1-6H3,(H2,16,17,18,19,20). The van der Waals surface area contributed by atoms with Crippen LogP contribution in [0.25, 0.3) is 0 Å². The molecule has 1 rings (SSSR count). The molecule has 6 heteroatoms. The zero-order valence-electron chi connectivity index (χ0n) is 14.1. The molecule has 0 amide bonds. The van der Waals surface area contributed by atoms with E-state index in [9.17, 15) is 0 Å². The number of nitrogens with zero attached hydrogens (tertiary/aromatic N) is 3. The van der Waals surface area contributed by atoms with Gasteiger partial charge in [-0.3, -0.25) is 0 Å². The van der Waals surface area contributed by atoms with Crippen molar-refractivity contribution in [2.45, 2.75) is 66.5 Å². The van der Waals surface area contributed by atoms with Gasteiger partial charge in [-0.25, -0.2) is 0 Å². The van der Waals surface area contributed by atoms with E-state index in [0.717, 1.165) is 19.4 Å². The highest BCUT2D eigenvalue weighted by molar-refractivity contribution is 5.36. The molecule has 1 heterocycles. The molecule has 0 saturated heterocycles. The Bertz CT molecular complexity index is 423. The molecule has 120 valence electrons. The van der Waals surface area contributed by atoms with Gasteiger partial charge in [0.15, 0.2) is 0 Å². The maximum absolute atomic E-state index is 5.60. The zero-order chi connectivity index (χ0) is 15.8. The van der Waals surface area contributed by atoms with E-state index in [2.05, 4.69) is 53.3 Å². The van der Waals surface area contributed by atoms with E-state index in [0.29, 0.717) is 29.9 Å². The molecule has 1 aromatic rings. The third-order valence-electron chi connectivity index (χ3n) is 2.69. The van der Waals surface area contributed by atoms with Crippen molar-refractivity contribution in [3.05, 3.63) is 0 Å². The Hall–Kier alpha value is -1.59. The van der Waals surface area contributed by atoms with E-state index in [1.807, 2.05) is 13.8 Å². The van der Waals surface area contributed by atoms with Gasteiger partial charge < -0.3 is 15.4 Å². The quantitative estimate of drug-likeness (QED) is 0.728. The average Bonchev–Trinajstić information content (AvgIpc) is 2.34. The van der Waals surface area contributed by atoms with Crippen molar-refractivity contribution < 1.29 is 4.74 Å². The lowest BCUT2D eigenvalue weighted by atomic mass is 10.1. The maximum Gasteiger partial charge on any atom is 0.323 e. The van der Waals surface area contributed by atoms with E-state index in [4.69, 9.17) is 4.74 Å². The summed E-state index contributed by atoms with van der Waals surface area (Å²) in [4.78, 5) is 13.0. The predicted octanol–water partition coefficient (Wildman–Crippen LogP) is 3.33. The highest BCUT2D eigenvalue weighted by Crippen LogP contribution is 2.15. The summed E-state index contributed by atoms with van der Waals surface area (Å²) in [5.74, 6) is 1.74. The summed E-state index contributed by atoms with van der Waals surface area (Å²) in [6.07, 6.45) is 2.11. The molecule has 6 nitrogen and oxygen atoms in total. The Balaban J connectivity index is 2.84. The summed E-state index contributed by atoms with van der Waals surface area (Å²) in [6, 6.07) is 0.663. The summed E-state index contributed by atoms with van der Waals surface area (Å²) in [5.41, 5.74) is 0. The van der Waals surface area contributed by atoms with Crippen LogP contribution in [0.1, 0.15) is 54.4 Å². The fourth-order valence-electron chi connectivity index (χ4n) is 1.99. The van der Waals surface area contributed by atoms with E-state index in [1.165, 1.54) is 0 Å². The van der Waals surface area contributed by atoms with E-state index in [-0.39, 0.29) is 6.10 Å². The van der Waals surface area contributed by atoms with Crippen molar-refractivity contribution in [2.75, 3.05) is 17.2 Å². The molecule has 1 aromatic heterocycles. The molecular formula is C15H29N5O. The topological polar surface area (TPSA) is 72.0 Å². The lowest BCUT2D eigenvalue weighted by molar-refractivity contribution is 0.222. The maximum atomic E-state index is 5.60. The second-order valence-corrected chi connectivity index (χ2v) is 6.03. The van der Waals surface area contributed by atoms with Crippen LogP contribution in [-0.4, -0.2) is 33.6 Å². The van der Waals surface area contributed by atoms with Gasteiger partial charge >= 0.3 is 6.01 Å². The Kier molecular flexibility index (Phi) is 7.19. The minimum Gasteiger partial charge on any atom is -0.461 e. The van der Waals surface area contributed by atoms with Gasteiger partial charge in [-0.1, -0.05) is 20.8 Å². The number of hydrogen-bond donors (Lipinski definition) is 2. The molecule has 21 heavy (non-hydrogen) atoms. The van der Waals surface area contributed by atoms with Crippen LogP contribution in [0.5, 0.6) is 6.01 Å². The molecule has 0 bridgehead atoms. The van der Waals surface area contributed by atoms with Gasteiger partial charge in [-0.05, 0) is 39.5 Å². The monoisotopic (exact) mass is 295 g/mol. The number of rotatable bonds is 9. The smallest absolute Gasteiger partial charge is 0.323 e. The zero-order valence-corrected chi connectivity index (χ0v) is 14.1. The van der Waals surface area contributed by atoms with Crippen LogP contribution in [0.4, 0.5) is 11.9 Å². The first-order valence-electron chi connectivity index (χ1n) is 7.83. The highest BCUT2D eigenvalue weighted by atomic mass is 16.5. The highest BCUT2D eigenvalue weighted by Gasteiger charge is 2.12. The molecule has 0 aliphatic rings. The van der Waals surface area contributed by atoms with Crippen LogP contribution in [0.2, 0.25) is 0 Å². The third-order valence-corrected chi connectivity index (χ3v) is 2.69. The molecule has 0 aliphatic carbocycles. The molecule has 2 N–H and O–H groups in total. The lowest BCUT2D eigenvalue weighted by Gasteiger charge is -2.17. The third kappa shape index (κ3) is 7.11. The Morgan fingerprint density at radius 1 is 1.00 bits per heavy atom. The number of anilines is 2. The van der Waals surface area contributed by atoms with Crippen LogP contribution in [-0.2, 0) is 0 Å². The van der Waals surface area contributed by atoms with Gasteiger partial charge in [0, 0.05) is 12.6 Å². The number of aromatic nitrogens is 3. The normalized spacial score (nSPS) is 12.6. The molecule has 1 unspecified atom stereocenters. The van der Waals surface area contributed by atoms with Crippen LogP contribution in [0.15, 0.2) is 0 Å². The first-order valence-corrected chi connectivity index (χ1v) is 7.83. The second kappa shape index (κ2) is 8.64. The van der Waals surface area contributed by atoms with E-state index < -0.39 is 0 Å². The number of nitrogens with one attached hydrogen (secondary N) is 2. The second-order valence-electron chi connectivity index (χ2n) is 6.03. The molecular weight excluding hydrogens is 266 g/mol. The van der Waals surface area contributed by atoms with Gasteiger partial charge in [0.2, 0.25) is 11.9 Å². The summed E-state index contributed by atoms with van der Waals surface area (Å²) in [7, 11) is 0. The van der Waals surface area contributed by atoms with Crippen molar-refractivity contribution >= 4 is 11.9 Å². The minimum absolute atomic E-state index is 0.0346. The first kappa shape index (κ1) is 17.5. The molecule has 0 aliphatic heterocycles. The van der Waals surface area contributed by atoms with Crippen LogP contribution >= 0.6 is 0 Å². The van der Waals surface area contributed by atoms with Crippen molar-refractivity contribution in [1.29, 1.82) is 0 Å². The van der Waals surface area contributed by atoms with Crippen molar-refractivity contribution in [2.24, 2.45) is 5.92 Å². The van der Waals surface area contributed by atoms with E-state index >= 15 is 0 Å². The van der Waals surface area contributed by atoms with Crippen LogP contribution < -0.4 is 15.4 Å². The largest absolute Gasteiger partial charge is 0.461 e. The summed E-state index contributed by atoms with van der Waals surface area (Å²) in [6.45, 7) is 13.4. The van der Waals surface area contributed by atoms with Crippen LogP contribution in [0.3, 0.4) is 0 Å². The molecule has 1 atom stereocenters. The molecule has 0 spiro atoms. The summed E-state index contributed by atoms with van der Waals surface area (Å²) < 4.78 is 5.60. The minimum atomic E-state index is 0.0346. The lowest BCUT2D eigenvalue weighted by Crippen LogP contribution is -2.21. The van der Waals surface area contributed by atoms with Gasteiger partial charge in [-0.2, -0.15) is 15.0 Å². The van der Waals surface area contributed by atoms with Crippen molar-refractivity contribution in [3.63, 3.8) is 0 Å². The first-order chi connectivity index (χ1) is 9.90. The Morgan fingerprint density at radius 3 is 2.24 bits per heavy atom. The van der Waals surface area contributed by atoms with Gasteiger partial charge in [0.25, 0.3) is 0 Å². The predicted molar refractivity (Wildman–Crippen MR) is 86.9 cm³/mol. The van der Waals surface area contributed by atoms with Gasteiger partial charge in [-0.15, -0.1) is 0 Å². The van der Waals surface area contributed by atoms with Crippen molar-refractivity contribution in [3.8, 4) is 6.01 Å². The molecule has 0 radical (unpaired) electrons. The summed E-state index contributed by atoms with van der Waals surface area (Å²) >= 11 is 0. The molecule has 0 aromatic carbocycles. The fourth-order valence-corrected chi connectivity index (χ4v) is 1.99. The molecule has 0 saturated carbocycles. The SMILES string of the molecule is CCCNc1nc(NC(C)CC(C)C)nc(OC(C)C)n1. The Morgan fingerprint density at radius 2 is 1.67 bits per heavy atom. The average molecular weight is 295 g/mol. The van der Waals surface area contributed by atoms with Gasteiger partial charge in [0.05, 0.1) is 6.10 Å². The fraction of sp³-hybridized carbons (Fsp3) is 0.800. The summed E-state index contributed by atoms with van der Waals surface area (Å²) in [5, 5.41) is 6.50. The number of ether oxygens (including phenoxy) is 1.